The smallest absolute Gasteiger partial charge is 0.254 e. The van der Waals surface area contributed by atoms with E-state index in [9.17, 15) is 13.9 Å². The van der Waals surface area contributed by atoms with Gasteiger partial charge in [0.1, 0.15) is 5.75 Å². The Balaban J connectivity index is 2.05. The third-order valence-electron chi connectivity index (χ3n) is 3.52. The molecule has 1 saturated heterocycles. The molecule has 2 N–H and O–H groups in total. The van der Waals surface area contributed by atoms with Crippen LogP contribution < -0.4 is 5.32 Å². The van der Waals surface area contributed by atoms with Crippen LogP contribution in [0.4, 0.5) is 8.78 Å². The molecule has 4 heteroatoms. The number of alkyl halides is 2. The van der Waals surface area contributed by atoms with Gasteiger partial charge in [0.25, 0.3) is 5.92 Å². The van der Waals surface area contributed by atoms with Crippen molar-refractivity contribution in [3.63, 3.8) is 0 Å². The predicted octanol–water partition coefficient (Wildman–Crippen LogP) is 2.96. The zero-order valence-corrected chi connectivity index (χ0v) is 10.3. The number of rotatable bonds is 3. The van der Waals surface area contributed by atoms with Gasteiger partial charge in [-0.2, -0.15) is 0 Å². The highest BCUT2D eigenvalue weighted by atomic mass is 19.3. The number of hydrogen-bond acceptors (Lipinski definition) is 2. The molecule has 0 amide bonds. The van der Waals surface area contributed by atoms with Gasteiger partial charge in [0.2, 0.25) is 0 Å². The topological polar surface area (TPSA) is 32.3 Å². The van der Waals surface area contributed by atoms with Crippen LogP contribution in [0.2, 0.25) is 0 Å². The fourth-order valence-electron chi connectivity index (χ4n) is 2.52. The molecule has 0 spiro atoms. The number of halogens is 2. The van der Waals surface area contributed by atoms with Crippen molar-refractivity contribution in [2.45, 2.75) is 31.6 Å². The fraction of sp³-hybridized carbons (Fsp3) is 0.571. The number of aromatic hydroxyl groups is 1. The first-order valence-corrected chi connectivity index (χ1v) is 6.44. The monoisotopic (exact) mass is 255 g/mol. The molecule has 0 radical (unpaired) electrons. The van der Waals surface area contributed by atoms with E-state index >= 15 is 0 Å². The average molecular weight is 255 g/mol. The predicted molar refractivity (Wildman–Crippen MR) is 67.0 cm³/mol. The van der Waals surface area contributed by atoms with E-state index in [4.69, 9.17) is 0 Å². The van der Waals surface area contributed by atoms with Gasteiger partial charge in [-0.05, 0) is 50.0 Å². The molecule has 0 saturated carbocycles. The van der Waals surface area contributed by atoms with Gasteiger partial charge < -0.3 is 10.4 Å². The molecule has 1 aromatic carbocycles. The second-order valence-electron chi connectivity index (χ2n) is 4.99. The van der Waals surface area contributed by atoms with Gasteiger partial charge in [0, 0.05) is 12.3 Å². The van der Waals surface area contributed by atoms with Crippen molar-refractivity contribution in [2.75, 3.05) is 13.1 Å². The Kier molecular flexibility index (Phi) is 4.17. The third kappa shape index (κ3) is 3.42. The van der Waals surface area contributed by atoms with E-state index < -0.39 is 11.8 Å². The molecule has 1 aliphatic rings. The van der Waals surface area contributed by atoms with Crippen LogP contribution in [0.5, 0.6) is 5.75 Å². The Morgan fingerprint density at radius 1 is 1.28 bits per heavy atom. The van der Waals surface area contributed by atoms with E-state index in [1.54, 1.807) is 12.1 Å². The minimum Gasteiger partial charge on any atom is -0.508 e. The number of phenolic OH excluding ortho intramolecular Hbond substituents is 1. The normalized spacial score (nSPS) is 21.6. The summed E-state index contributed by atoms with van der Waals surface area (Å²) in [5, 5.41) is 12.5. The summed E-state index contributed by atoms with van der Waals surface area (Å²) in [5.41, 5.74) is 0.497. The van der Waals surface area contributed by atoms with Crippen LogP contribution in [0, 0.1) is 5.92 Å². The lowest BCUT2D eigenvalue weighted by Gasteiger charge is -2.25. The minimum absolute atomic E-state index is 0.0471. The van der Waals surface area contributed by atoms with Crippen molar-refractivity contribution < 1.29 is 13.9 Å². The van der Waals surface area contributed by atoms with Gasteiger partial charge in [0.15, 0.2) is 0 Å². The van der Waals surface area contributed by atoms with Crippen LogP contribution in [-0.2, 0) is 6.42 Å². The molecule has 0 aromatic heterocycles. The van der Waals surface area contributed by atoms with Crippen molar-refractivity contribution in [2.24, 2.45) is 5.92 Å². The summed E-state index contributed by atoms with van der Waals surface area (Å²) in [6.07, 6.45) is 1.61. The first-order chi connectivity index (χ1) is 8.58. The van der Waals surface area contributed by atoms with Crippen LogP contribution in [0.1, 0.15) is 24.8 Å². The van der Waals surface area contributed by atoms with E-state index in [1.165, 1.54) is 12.1 Å². The summed E-state index contributed by atoms with van der Waals surface area (Å²) in [4.78, 5) is 0. The molecule has 1 aliphatic heterocycles. The Hall–Kier alpha value is -1.16. The van der Waals surface area contributed by atoms with Gasteiger partial charge in [-0.1, -0.05) is 12.1 Å². The van der Waals surface area contributed by atoms with E-state index in [-0.39, 0.29) is 12.2 Å². The molecule has 0 bridgehead atoms. The molecule has 18 heavy (non-hydrogen) atoms. The molecular weight excluding hydrogens is 236 g/mol. The zero-order valence-electron chi connectivity index (χ0n) is 10.3. The SMILES string of the molecule is Oc1cccc(CC(F)(F)C2CCCNCC2)c1. The van der Waals surface area contributed by atoms with Crippen LogP contribution in [-0.4, -0.2) is 24.1 Å². The summed E-state index contributed by atoms with van der Waals surface area (Å²) in [7, 11) is 0. The largest absolute Gasteiger partial charge is 0.508 e. The lowest BCUT2D eigenvalue weighted by atomic mass is 9.89. The molecule has 1 fully saturated rings. The Morgan fingerprint density at radius 3 is 2.89 bits per heavy atom. The standard InChI is InChI=1S/C14H19F2NO/c15-14(16,12-4-2-7-17-8-6-12)10-11-3-1-5-13(18)9-11/h1,3,5,9,12,17-18H,2,4,6-8,10H2. The number of benzene rings is 1. The third-order valence-corrected chi connectivity index (χ3v) is 3.52. The van der Waals surface area contributed by atoms with Crippen molar-refractivity contribution in [3.8, 4) is 5.75 Å². The maximum atomic E-state index is 14.2. The molecule has 1 unspecified atom stereocenters. The lowest BCUT2D eigenvalue weighted by molar-refractivity contribution is -0.0616. The van der Waals surface area contributed by atoms with Crippen molar-refractivity contribution in [1.82, 2.24) is 5.32 Å². The first kappa shape index (κ1) is 13.3. The van der Waals surface area contributed by atoms with Gasteiger partial charge in [-0.15, -0.1) is 0 Å². The van der Waals surface area contributed by atoms with E-state index in [2.05, 4.69) is 5.32 Å². The molecule has 1 atom stereocenters. The number of phenols is 1. The molecule has 2 nitrogen and oxygen atoms in total. The first-order valence-electron chi connectivity index (χ1n) is 6.44. The van der Waals surface area contributed by atoms with Crippen molar-refractivity contribution in [1.29, 1.82) is 0 Å². The van der Waals surface area contributed by atoms with Crippen molar-refractivity contribution in [3.05, 3.63) is 29.8 Å². The summed E-state index contributed by atoms with van der Waals surface area (Å²) in [6.45, 7) is 1.50. The maximum absolute atomic E-state index is 14.2. The molecule has 100 valence electrons. The van der Waals surface area contributed by atoms with Gasteiger partial charge in [-0.25, -0.2) is 8.78 Å². The maximum Gasteiger partial charge on any atom is 0.254 e. The summed E-state index contributed by atoms with van der Waals surface area (Å²) in [6, 6.07) is 6.16. The Bertz CT molecular complexity index is 387. The van der Waals surface area contributed by atoms with Crippen LogP contribution in [0.15, 0.2) is 24.3 Å². The van der Waals surface area contributed by atoms with Gasteiger partial charge in [-0.3, -0.25) is 0 Å². The quantitative estimate of drug-likeness (QED) is 0.870. The number of hydrogen-bond donors (Lipinski definition) is 2. The number of nitrogens with one attached hydrogen (secondary N) is 1. The summed E-state index contributed by atoms with van der Waals surface area (Å²) in [5.74, 6) is -3.21. The lowest BCUT2D eigenvalue weighted by Crippen LogP contribution is -2.31. The molecule has 0 aliphatic carbocycles. The van der Waals surface area contributed by atoms with E-state index in [1.807, 2.05) is 0 Å². The highest BCUT2D eigenvalue weighted by Gasteiger charge is 2.39. The van der Waals surface area contributed by atoms with Gasteiger partial charge in [0.05, 0.1) is 0 Å². The van der Waals surface area contributed by atoms with Gasteiger partial charge >= 0.3 is 0 Å². The summed E-state index contributed by atoms with van der Waals surface area (Å²) >= 11 is 0. The Labute approximate surface area is 106 Å². The Morgan fingerprint density at radius 2 is 2.11 bits per heavy atom. The molecule has 1 heterocycles. The van der Waals surface area contributed by atoms with Crippen LogP contribution in [0.3, 0.4) is 0 Å². The summed E-state index contributed by atoms with van der Waals surface area (Å²) < 4.78 is 28.4. The fourth-order valence-corrected chi connectivity index (χ4v) is 2.52. The molecule has 2 rings (SSSR count). The van der Waals surface area contributed by atoms with Crippen molar-refractivity contribution >= 4 is 0 Å². The zero-order chi connectivity index (χ0) is 13.0. The average Bonchev–Trinajstić information content (AvgIpc) is 2.57. The minimum atomic E-state index is -2.69. The van der Waals surface area contributed by atoms with Crippen LogP contribution >= 0.6 is 0 Å². The highest BCUT2D eigenvalue weighted by Crippen LogP contribution is 2.35. The second kappa shape index (κ2) is 5.65. The highest BCUT2D eigenvalue weighted by molar-refractivity contribution is 5.28. The van der Waals surface area contributed by atoms with E-state index in [0.29, 0.717) is 24.9 Å². The second-order valence-corrected chi connectivity index (χ2v) is 4.99. The van der Waals surface area contributed by atoms with Crippen LogP contribution in [0.25, 0.3) is 0 Å². The molecular formula is C14H19F2NO. The van der Waals surface area contributed by atoms with E-state index in [0.717, 1.165) is 13.0 Å². The molecule has 1 aromatic rings.